The molecule has 0 saturated heterocycles. The van der Waals surface area contributed by atoms with Crippen LogP contribution in [0.15, 0.2) is 35.1 Å². The number of rotatable bonds is 5. The summed E-state index contributed by atoms with van der Waals surface area (Å²) in [6, 6.07) is 8.96. The van der Waals surface area contributed by atoms with Crippen LogP contribution in [-0.4, -0.2) is 11.0 Å². The molecule has 2 aromatic rings. The summed E-state index contributed by atoms with van der Waals surface area (Å²) in [5.74, 6) is 1.41. The van der Waals surface area contributed by atoms with Crippen molar-refractivity contribution in [2.24, 2.45) is 0 Å². The summed E-state index contributed by atoms with van der Waals surface area (Å²) in [4.78, 5) is 4.29. The molecule has 0 saturated carbocycles. The highest BCUT2D eigenvalue weighted by atomic mass is 16.3. The highest BCUT2D eigenvalue weighted by Gasteiger charge is 2.11. The molecule has 1 heterocycles. The van der Waals surface area contributed by atoms with E-state index >= 15 is 0 Å². The van der Waals surface area contributed by atoms with Gasteiger partial charge in [0.1, 0.15) is 5.69 Å². The zero-order valence-corrected chi connectivity index (χ0v) is 12.1. The van der Waals surface area contributed by atoms with E-state index in [-0.39, 0.29) is 0 Å². The maximum Gasteiger partial charge on any atom is 0.181 e. The van der Waals surface area contributed by atoms with Gasteiger partial charge in [-0.25, -0.2) is 4.98 Å². The fourth-order valence-electron chi connectivity index (χ4n) is 1.95. The Kier molecular flexibility index (Phi) is 4.38. The molecular weight excluding hydrogens is 236 g/mol. The number of nitrogens with zero attached hydrogens (tertiary/aromatic N) is 1. The third kappa shape index (κ3) is 3.44. The first-order valence-electron chi connectivity index (χ1n) is 6.84. The van der Waals surface area contributed by atoms with Crippen molar-refractivity contribution in [1.82, 2.24) is 10.3 Å². The van der Waals surface area contributed by atoms with E-state index in [1.807, 2.05) is 0 Å². The fourth-order valence-corrected chi connectivity index (χ4v) is 1.95. The average Bonchev–Trinajstić information content (AvgIpc) is 2.84. The van der Waals surface area contributed by atoms with Gasteiger partial charge in [0.25, 0.3) is 0 Å². The predicted molar refractivity (Wildman–Crippen MR) is 78.0 cm³/mol. The number of aromatic nitrogens is 1. The van der Waals surface area contributed by atoms with Crippen LogP contribution in [0.2, 0.25) is 0 Å². The van der Waals surface area contributed by atoms with Gasteiger partial charge in [0.2, 0.25) is 0 Å². The second kappa shape index (κ2) is 6.02. The first-order chi connectivity index (χ1) is 9.08. The quantitative estimate of drug-likeness (QED) is 0.882. The van der Waals surface area contributed by atoms with Crippen molar-refractivity contribution in [3.05, 3.63) is 41.9 Å². The van der Waals surface area contributed by atoms with Gasteiger partial charge in [0.15, 0.2) is 12.2 Å². The molecule has 3 heteroatoms. The minimum atomic E-state index is 0.438. The van der Waals surface area contributed by atoms with Crippen LogP contribution >= 0.6 is 0 Å². The Balaban J connectivity index is 2.19. The SMILES string of the molecule is CC(C)NCc1ncoc1-c1ccc(C(C)C)cc1. The Morgan fingerprint density at radius 2 is 1.79 bits per heavy atom. The summed E-state index contributed by atoms with van der Waals surface area (Å²) in [6.07, 6.45) is 1.52. The molecule has 102 valence electrons. The Labute approximate surface area is 115 Å². The van der Waals surface area contributed by atoms with E-state index in [1.165, 1.54) is 12.0 Å². The predicted octanol–water partition coefficient (Wildman–Crippen LogP) is 3.96. The highest BCUT2D eigenvalue weighted by molar-refractivity contribution is 5.60. The monoisotopic (exact) mass is 258 g/mol. The molecule has 19 heavy (non-hydrogen) atoms. The minimum absolute atomic E-state index is 0.438. The van der Waals surface area contributed by atoms with Gasteiger partial charge in [0, 0.05) is 18.2 Å². The molecule has 1 N–H and O–H groups in total. The van der Waals surface area contributed by atoms with Gasteiger partial charge in [0.05, 0.1) is 0 Å². The van der Waals surface area contributed by atoms with E-state index in [2.05, 4.69) is 62.3 Å². The smallest absolute Gasteiger partial charge is 0.181 e. The van der Waals surface area contributed by atoms with Gasteiger partial charge < -0.3 is 9.73 Å². The molecule has 0 aliphatic rings. The van der Waals surface area contributed by atoms with Crippen molar-refractivity contribution in [2.75, 3.05) is 0 Å². The van der Waals surface area contributed by atoms with Gasteiger partial charge >= 0.3 is 0 Å². The molecule has 0 fully saturated rings. The van der Waals surface area contributed by atoms with Crippen LogP contribution in [0.3, 0.4) is 0 Å². The van der Waals surface area contributed by atoms with Crippen LogP contribution < -0.4 is 5.32 Å². The van der Waals surface area contributed by atoms with Crippen molar-refractivity contribution in [2.45, 2.75) is 46.2 Å². The molecule has 1 aromatic heterocycles. The molecule has 0 amide bonds. The summed E-state index contributed by atoms with van der Waals surface area (Å²) < 4.78 is 5.53. The molecule has 2 rings (SSSR count). The summed E-state index contributed by atoms with van der Waals surface area (Å²) in [6.45, 7) is 9.37. The maximum absolute atomic E-state index is 5.53. The second-order valence-corrected chi connectivity index (χ2v) is 5.44. The zero-order valence-electron chi connectivity index (χ0n) is 12.1. The summed E-state index contributed by atoms with van der Waals surface area (Å²) in [5, 5.41) is 3.37. The largest absolute Gasteiger partial charge is 0.443 e. The molecule has 0 spiro atoms. The first kappa shape index (κ1) is 13.8. The third-order valence-corrected chi connectivity index (χ3v) is 3.16. The maximum atomic E-state index is 5.53. The van der Waals surface area contributed by atoms with E-state index in [9.17, 15) is 0 Å². The van der Waals surface area contributed by atoms with Crippen molar-refractivity contribution < 1.29 is 4.42 Å². The van der Waals surface area contributed by atoms with Crippen molar-refractivity contribution in [3.8, 4) is 11.3 Å². The van der Waals surface area contributed by atoms with E-state index < -0.39 is 0 Å². The molecule has 0 atom stereocenters. The molecule has 0 aliphatic carbocycles. The van der Waals surface area contributed by atoms with Gasteiger partial charge in [-0.1, -0.05) is 52.0 Å². The van der Waals surface area contributed by atoms with E-state index in [0.717, 1.165) is 23.6 Å². The van der Waals surface area contributed by atoms with Crippen molar-refractivity contribution >= 4 is 0 Å². The van der Waals surface area contributed by atoms with E-state index in [0.29, 0.717) is 12.0 Å². The standard InChI is InChI=1S/C16H22N2O/c1-11(2)13-5-7-14(8-6-13)16-15(18-10-19-16)9-17-12(3)4/h5-8,10-12,17H,9H2,1-4H3. The minimum Gasteiger partial charge on any atom is -0.443 e. The molecule has 0 aliphatic heterocycles. The highest BCUT2D eigenvalue weighted by Crippen LogP contribution is 2.25. The molecular formula is C16H22N2O. The topological polar surface area (TPSA) is 38.1 Å². The lowest BCUT2D eigenvalue weighted by molar-refractivity contribution is 0.563. The summed E-state index contributed by atoms with van der Waals surface area (Å²) in [7, 11) is 0. The first-order valence-corrected chi connectivity index (χ1v) is 6.84. The summed E-state index contributed by atoms with van der Waals surface area (Å²) >= 11 is 0. The summed E-state index contributed by atoms with van der Waals surface area (Å²) in [5.41, 5.74) is 3.39. The lowest BCUT2D eigenvalue weighted by Crippen LogP contribution is -2.22. The Morgan fingerprint density at radius 1 is 1.11 bits per heavy atom. The van der Waals surface area contributed by atoms with Gasteiger partial charge in [-0.05, 0) is 11.5 Å². The number of hydrogen-bond acceptors (Lipinski definition) is 3. The van der Waals surface area contributed by atoms with Gasteiger partial charge in [-0.3, -0.25) is 0 Å². The lowest BCUT2D eigenvalue weighted by Gasteiger charge is -2.08. The second-order valence-electron chi connectivity index (χ2n) is 5.44. The average molecular weight is 258 g/mol. The Morgan fingerprint density at radius 3 is 2.37 bits per heavy atom. The number of hydrogen-bond donors (Lipinski definition) is 1. The van der Waals surface area contributed by atoms with Crippen LogP contribution in [0.25, 0.3) is 11.3 Å². The number of benzene rings is 1. The van der Waals surface area contributed by atoms with Crippen LogP contribution in [0.1, 0.15) is 44.9 Å². The fraction of sp³-hybridized carbons (Fsp3) is 0.438. The van der Waals surface area contributed by atoms with Gasteiger partial charge in [-0.15, -0.1) is 0 Å². The Hall–Kier alpha value is -1.61. The van der Waals surface area contributed by atoms with E-state index in [4.69, 9.17) is 4.42 Å². The van der Waals surface area contributed by atoms with Crippen molar-refractivity contribution in [1.29, 1.82) is 0 Å². The van der Waals surface area contributed by atoms with Crippen LogP contribution in [0.4, 0.5) is 0 Å². The van der Waals surface area contributed by atoms with Crippen LogP contribution in [0, 0.1) is 0 Å². The molecule has 1 aromatic carbocycles. The molecule has 0 bridgehead atoms. The van der Waals surface area contributed by atoms with Crippen LogP contribution in [-0.2, 0) is 6.54 Å². The molecule has 0 unspecified atom stereocenters. The molecule has 0 radical (unpaired) electrons. The number of oxazole rings is 1. The number of nitrogens with one attached hydrogen (secondary N) is 1. The van der Waals surface area contributed by atoms with E-state index in [1.54, 1.807) is 0 Å². The molecule has 3 nitrogen and oxygen atoms in total. The third-order valence-electron chi connectivity index (χ3n) is 3.16. The zero-order chi connectivity index (χ0) is 13.8. The normalized spacial score (nSPS) is 11.5. The van der Waals surface area contributed by atoms with Crippen molar-refractivity contribution in [3.63, 3.8) is 0 Å². The van der Waals surface area contributed by atoms with Gasteiger partial charge in [-0.2, -0.15) is 0 Å². The lowest BCUT2D eigenvalue weighted by atomic mass is 10.0. The Bertz CT molecular complexity index is 512. The van der Waals surface area contributed by atoms with Crippen LogP contribution in [0.5, 0.6) is 0 Å².